The second-order valence-electron chi connectivity index (χ2n) is 8.50. The summed E-state index contributed by atoms with van der Waals surface area (Å²) >= 11 is 0. The Morgan fingerprint density at radius 2 is 1.56 bits per heavy atom. The molecule has 0 aromatic heterocycles. The molecule has 4 nitrogen and oxygen atoms in total. The molecule has 0 aliphatic carbocycles. The Kier molecular flexibility index (Phi) is 6.22. The maximum absolute atomic E-state index is 11.9. The summed E-state index contributed by atoms with van der Waals surface area (Å²) in [5, 5.41) is 10.5. The molecule has 0 atom stereocenters. The summed E-state index contributed by atoms with van der Waals surface area (Å²) in [6.07, 6.45) is 0. The van der Waals surface area contributed by atoms with Crippen LogP contribution in [0.2, 0.25) is 0 Å². The van der Waals surface area contributed by atoms with Crippen molar-refractivity contribution in [3.8, 4) is 11.1 Å². The number of hydrogen-bond donors (Lipinski definition) is 2. The molecule has 2 amide bonds. The van der Waals surface area contributed by atoms with Crippen LogP contribution in [-0.2, 0) is 22.7 Å². The van der Waals surface area contributed by atoms with Crippen LogP contribution in [0.1, 0.15) is 31.9 Å². The molecule has 0 fully saturated rings. The summed E-state index contributed by atoms with van der Waals surface area (Å²) in [5.74, 6) is 0.00294. The Hall–Kier alpha value is -3.66. The number of rotatable bonds is 6. The molecule has 32 heavy (non-hydrogen) atoms. The summed E-state index contributed by atoms with van der Waals surface area (Å²) in [7, 11) is 0. The van der Waals surface area contributed by atoms with Crippen LogP contribution in [-0.4, -0.2) is 11.8 Å². The van der Waals surface area contributed by atoms with Crippen molar-refractivity contribution in [2.75, 3.05) is 0 Å². The van der Waals surface area contributed by atoms with Crippen LogP contribution < -0.4 is 10.6 Å². The van der Waals surface area contributed by atoms with E-state index in [0.717, 1.165) is 38.4 Å². The standard InChI is InChI=1S/C28H28N2O2/c1-18(2)28(32)30-16-20-10-13-26-22(14-20)7-5-9-25(26)23-12-11-21-6-4-8-24(27(21)15-23)17-29-19(3)31/h4-15,18H,16-17H2,1-3H3,(H,29,31)(H,30,32). The number of hydrogen-bond acceptors (Lipinski definition) is 2. The van der Waals surface area contributed by atoms with E-state index < -0.39 is 0 Å². The Morgan fingerprint density at radius 3 is 2.34 bits per heavy atom. The third kappa shape index (κ3) is 4.65. The van der Waals surface area contributed by atoms with Gasteiger partial charge in [-0.25, -0.2) is 0 Å². The van der Waals surface area contributed by atoms with Crippen molar-refractivity contribution < 1.29 is 9.59 Å². The van der Waals surface area contributed by atoms with Gasteiger partial charge in [-0.15, -0.1) is 0 Å². The molecule has 4 rings (SSSR count). The molecule has 4 heteroatoms. The first-order valence-electron chi connectivity index (χ1n) is 11.0. The van der Waals surface area contributed by atoms with Crippen molar-refractivity contribution in [1.82, 2.24) is 10.6 Å². The fraction of sp³-hybridized carbons (Fsp3) is 0.214. The van der Waals surface area contributed by atoms with Crippen LogP contribution in [0.15, 0.2) is 72.8 Å². The van der Waals surface area contributed by atoms with Gasteiger partial charge in [0.25, 0.3) is 0 Å². The lowest BCUT2D eigenvalue weighted by atomic mass is 9.94. The quantitative estimate of drug-likeness (QED) is 0.425. The second-order valence-corrected chi connectivity index (χ2v) is 8.50. The average Bonchev–Trinajstić information content (AvgIpc) is 2.80. The maximum atomic E-state index is 11.9. The third-order valence-electron chi connectivity index (χ3n) is 5.75. The smallest absolute Gasteiger partial charge is 0.222 e. The lowest BCUT2D eigenvalue weighted by Gasteiger charge is -2.13. The molecule has 0 saturated carbocycles. The van der Waals surface area contributed by atoms with Crippen LogP contribution in [0.3, 0.4) is 0 Å². The minimum absolute atomic E-state index is 0.0227. The summed E-state index contributed by atoms with van der Waals surface area (Å²) in [6, 6.07) is 25.3. The zero-order valence-electron chi connectivity index (χ0n) is 18.7. The zero-order valence-corrected chi connectivity index (χ0v) is 18.7. The van der Waals surface area contributed by atoms with E-state index in [9.17, 15) is 9.59 Å². The molecule has 0 saturated heterocycles. The predicted octanol–water partition coefficient (Wildman–Crippen LogP) is 5.57. The molecule has 0 heterocycles. The van der Waals surface area contributed by atoms with Gasteiger partial charge in [0.05, 0.1) is 0 Å². The van der Waals surface area contributed by atoms with Gasteiger partial charge < -0.3 is 10.6 Å². The van der Waals surface area contributed by atoms with Gasteiger partial charge >= 0.3 is 0 Å². The number of fused-ring (bicyclic) bond motifs is 2. The monoisotopic (exact) mass is 424 g/mol. The van der Waals surface area contributed by atoms with Crippen molar-refractivity contribution in [3.63, 3.8) is 0 Å². The number of benzene rings is 4. The molecule has 4 aromatic rings. The van der Waals surface area contributed by atoms with E-state index in [1.54, 1.807) is 0 Å². The average molecular weight is 425 g/mol. The highest BCUT2D eigenvalue weighted by Crippen LogP contribution is 2.32. The van der Waals surface area contributed by atoms with E-state index >= 15 is 0 Å². The maximum Gasteiger partial charge on any atom is 0.222 e. The van der Waals surface area contributed by atoms with Gasteiger partial charge in [0.15, 0.2) is 0 Å². The summed E-state index contributed by atoms with van der Waals surface area (Å²) < 4.78 is 0. The van der Waals surface area contributed by atoms with Gasteiger partial charge in [0.2, 0.25) is 11.8 Å². The topological polar surface area (TPSA) is 58.2 Å². The molecule has 0 bridgehead atoms. The minimum Gasteiger partial charge on any atom is -0.352 e. The van der Waals surface area contributed by atoms with Gasteiger partial charge in [0, 0.05) is 25.9 Å². The summed E-state index contributed by atoms with van der Waals surface area (Å²) in [4.78, 5) is 23.3. The molecule has 0 aliphatic heterocycles. The Balaban J connectivity index is 1.70. The number of carbonyl (C=O) groups is 2. The van der Waals surface area contributed by atoms with Gasteiger partial charge in [-0.05, 0) is 55.9 Å². The lowest BCUT2D eigenvalue weighted by Crippen LogP contribution is -2.27. The molecule has 0 spiro atoms. The van der Waals surface area contributed by atoms with Crippen LogP contribution in [0.25, 0.3) is 32.7 Å². The number of carbonyl (C=O) groups excluding carboxylic acids is 2. The SMILES string of the molecule is CC(=O)NCc1cccc2ccc(-c3cccc4cc(CNC(=O)C(C)C)ccc34)cc12. The molecular weight excluding hydrogens is 396 g/mol. The van der Waals surface area contributed by atoms with Crippen LogP contribution >= 0.6 is 0 Å². The van der Waals surface area contributed by atoms with Gasteiger partial charge in [-0.1, -0.05) is 74.5 Å². The van der Waals surface area contributed by atoms with Crippen LogP contribution in [0.4, 0.5) is 0 Å². The van der Waals surface area contributed by atoms with E-state index in [4.69, 9.17) is 0 Å². The van der Waals surface area contributed by atoms with Crippen LogP contribution in [0.5, 0.6) is 0 Å². The van der Waals surface area contributed by atoms with Crippen molar-refractivity contribution in [2.24, 2.45) is 5.92 Å². The zero-order chi connectivity index (χ0) is 22.7. The Labute approximate surface area is 188 Å². The van der Waals surface area contributed by atoms with Gasteiger partial charge in [0.1, 0.15) is 0 Å². The highest BCUT2D eigenvalue weighted by atomic mass is 16.2. The molecule has 0 aliphatic rings. The number of nitrogens with one attached hydrogen (secondary N) is 2. The highest BCUT2D eigenvalue weighted by Gasteiger charge is 2.09. The molecule has 0 unspecified atom stereocenters. The normalized spacial score (nSPS) is 11.1. The van der Waals surface area contributed by atoms with Crippen molar-refractivity contribution in [2.45, 2.75) is 33.9 Å². The van der Waals surface area contributed by atoms with E-state index in [-0.39, 0.29) is 17.7 Å². The Morgan fingerprint density at radius 1 is 0.781 bits per heavy atom. The third-order valence-corrected chi connectivity index (χ3v) is 5.75. The van der Waals surface area contributed by atoms with Crippen LogP contribution in [0, 0.1) is 5.92 Å². The Bertz CT molecular complexity index is 1310. The molecule has 0 radical (unpaired) electrons. The highest BCUT2D eigenvalue weighted by molar-refractivity contribution is 5.99. The molecule has 4 aromatic carbocycles. The molecular formula is C28H28N2O2. The fourth-order valence-electron chi connectivity index (χ4n) is 3.97. The molecule has 2 N–H and O–H groups in total. The lowest BCUT2D eigenvalue weighted by molar-refractivity contribution is -0.124. The first kappa shape index (κ1) is 21.6. The summed E-state index contributed by atoms with van der Waals surface area (Å²) in [5.41, 5.74) is 4.48. The van der Waals surface area contributed by atoms with Gasteiger partial charge in [-0.2, -0.15) is 0 Å². The minimum atomic E-state index is -0.0346. The van der Waals surface area contributed by atoms with E-state index in [1.165, 1.54) is 12.3 Å². The van der Waals surface area contributed by atoms with E-state index in [2.05, 4.69) is 77.4 Å². The molecule has 162 valence electrons. The van der Waals surface area contributed by atoms with Crippen molar-refractivity contribution in [3.05, 3.63) is 83.9 Å². The second kappa shape index (κ2) is 9.23. The van der Waals surface area contributed by atoms with Gasteiger partial charge in [-0.3, -0.25) is 9.59 Å². The van der Waals surface area contributed by atoms with Crippen molar-refractivity contribution in [1.29, 1.82) is 0 Å². The number of amides is 2. The first-order chi connectivity index (χ1) is 15.4. The fourth-order valence-corrected chi connectivity index (χ4v) is 3.97. The van der Waals surface area contributed by atoms with E-state index in [0.29, 0.717) is 13.1 Å². The first-order valence-corrected chi connectivity index (χ1v) is 11.0. The van der Waals surface area contributed by atoms with Crippen molar-refractivity contribution >= 4 is 33.4 Å². The largest absolute Gasteiger partial charge is 0.352 e. The van der Waals surface area contributed by atoms with E-state index in [1.807, 2.05) is 19.9 Å². The summed E-state index contributed by atoms with van der Waals surface area (Å²) in [6.45, 7) is 6.37. The predicted molar refractivity (Wildman–Crippen MR) is 131 cm³/mol.